The summed E-state index contributed by atoms with van der Waals surface area (Å²) < 4.78 is 4.77. The molecule has 1 aliphatic rings. The number of rotatable bonds is 3. The summed E-state index contributed by atoms with van der Waals surface area (Å²) in [5.74, 6) is -0.597. The lowest BCUT2D eigenvalue weighted by molar-refractivity contribution is -0.152. The van der Waals surface area contributed by atoms with Crippen LogP contribution in [0.25, 0.3) is 0 Å². The number of nitrogens with one attached hydrogen (secondary N) is 1. The van der Waals surface area contributed by atoms with Gasteiger partial charge in [-0.1, -0.05) is 6.07 Å². The van der Waals surface area contributed by atoms with Gasteiger partial charge in [0.15, 0.2) is 0 Å². The Morgan fingerprint density at radius 3 is 2.85 bits per heavy atom. The second-order valence-corrected chi connectivity index (χ2v) is 5.81. The Balaban J connectivity index is 2.18. The number of aromatic hydroxyl groups is 1. The summed E-state index contributed by atoms with van der Waals surface area (Å²) in [6.07, 6.45) is 0.980. The molecule has 1 amide bonds. The van der Waals surface area contributed by atoms with Gasteiger partial charge in [0.2, 0.25) is 5.91 Å². The summed E-state index contributed by atoms with van der Waals surface area (Å²) in [7, 11) is 1.35. The number of amides is 1. The molecule has 0 spiro atoms. The van der Waals surface area contributed by atoms with Crippen molar-refractivity contribution in [1.29, 1.82) is 0 Å². The number of anilines is 1. The van der Waals surface area contributed by atoms with E-state index in [0.29, 0.717) is 18.5 Å². The number of benzene rings is 1. The quantitative estimate of drug-likeness (QED) is 0.829. The number of carbonyl (C=O) groups excluding carboxylic acids is 2. The van der Waals surface area contributed by atoms with Gasteiger partial charge < -0.3 is 15.2 Å². The van der Waals surface area contributed by atoms with Crippen LogP contribution >= 0.6 is 0 Å². The lowest BCUT2D eigenvalue weighted by Gasteiger charge is -2.30. The number of ether oxygens (including phenoxy) is 1. The normalized spacial score (nSPS) is 18.1. The zero-order chi connectivity index (χ0) is 14.9. The fourth-order valence-corrected chi connectivity index (χ4v) is 2.59. The minimum atomic E-state index is -0.703. The van der Waals surface area contributed by atoms with Gasteiger partial charge in [-0.2, -0.15) is 0 Å². The molecule has 1 aromatic rings. The monoisotopic (exact) mass is 277 g/mol. The van der Waals surface area contributed by atoms with Gasteiger partial charge in [0, 0.05) is 17.7 Å². The van der Waals surface area contributed by atoms with Gasteiger partial charge in [-0.15, -0.1) is 0 Å². The fourth-order valence-electron chi connectivity index (χ4n) is 2.59. The molecule has 0 saturated carbocycles. The lowest BCUT2D eigenvalue weighted by Crippen LogP contribution is -2.36. The molecule has 1 aromatic carbocycles. The molecule has 5 heteroatoms. The maximum Gasteiger partial charge on any atom is 0.311 e. The van der Waals surface area contributed by atoms with Gasteiger partial charge in [0.1, 0.15) is 5.75 Å². The molecule has 2 N–H and O–H groups in total. The maximum absolute atomic E-state index is 12.1. The molecule has 1 aliphatic heterocycles. The minimum absolute atomic E-state index is 0.123. The Hall–Kier alpha value is -2.04. The smallest absolute Gasteiger partial charge is 0.311 e. The van der Waals surface area contributed by atoms with Crippen molar-refractivity contribution in [1.82, 2.24) is 0 Å². The molecule has 0 unspecified atom stereocenters. The zero-order valence-electron chi connectivity index (χ0n) is 11.9. The SMILES string of the molecule is COC(=O)C(C)(C)C[C@@H]1Cc2ccc(O)cc2NC1=O. The van der Waals surface area contributed by atoms with E-state index in [9.17, 15) is 14.7 Å². The van der Waals surface area contributed by atoms with Gasteiger partial charge in [0.05, 0.1) is 12.5 Å². The van der Waals surface area contributed by atoms with Gasteiger partial charge in [-0.25, -0.2) is 0 Å². The summed E-state index contributed by atoms with van der Waals surface area (Å²) in [5.41, 5.74) is 0.903. The van der Waals surface area contributed by atoms with Crippen LogP contribution in [0.4, 0.5) is 5.69 Å². The molecule has 20 heavy (non-hydrogen) atoms. The van der Waals surface area contributed by atoms with E-state index in [1.165, 1.54) is 13.2 Å². The third-order valence-corrected chi connectivity index (χ3v) is 3.68. The summed E-state index contributed by atoms with van der Waals surface area (Å²) in [6.45, 7) is 3.55. The number of esters is 1. The Morgan fingerprint density at radius 1 is 1.50 bits per heavy atom. The van der Waals surface area contributed by atoms with Crippen molar-refractivity contribution >= 4 is 17.6 Å². The molecular weight excluding hydrogens is 258 g/mol. The molecule has 0 aromatic heterocycles. The van der Waals surface area contributed by atoms with E-state index in [2.05, 4.69) is 5.32 Å². The van der Waals surface area contributed by atoms with Crippen LogP contribution in [0.2, 0.25) is 0 Å². The number of fused-ring (bicyclic) bond motifs is 1. The molecule has 1 atom stereocenters. The predicted octanol–water partition coefficient (Wildman–Crippen LogP) is 2.09. The van der Waals surface area contributed by atoms with Crippen LogP contribution in [0.5, 0.6) is 5.75 Å². The molecule has 5 nitrogen and oxygen atoms in total. The number of methoxy groups -OCH3 is 1. The highest BCUT2D eigenvalue weighted by molar-refractivity contribution is 5.96. The molecule has 0 fully saturated rings. The van der Waals surface area contributed by atoms with Crippen LogP contribution in [0.1, 0.15) is 25.8 Å². The molecule has 0 bridgehead atoms. The fraction of sp³-hybridized carbons (Fsp3) is 0.467. The Morgan fingerprint density at radius 2 is 2.20 bits per heavy atom. The van der Waals surface area contributed by atoms with E-state index in [0.717, 1.165) is 5.56 Å². The number of carbonyl (C=O) groups is 2. The zero-order valence-corrected chi connectivity index (χ0v) is 11.9. The molecular formula is C15H19NO4. The Labute approximate surface area is 117 Å². The standard InChI is InChI=1S/C15H19NO4/c1-15(2,14(19)20-3)8-10-6-9-4-5-11(17)7-12(9)16-13(10)18/h4-5,7,10,17H,6,8H2,1-3H3,(H,16,18)/t10-/m0/s1. The molecule has 0 radical (unpaired) electrons. The van der Waals surface area contributed by atoms with Crippen molar-refractivity contribution in [2.75, 3.05) is 12.4 Å². The number of phenolic OH excluding ortho intramolecular Hbond substituents is 1. The number of hydrogen-bond donors (Lipinski definition) is 2. The Kier molecular flexibility index (Phi) is 3.70. The van der Waals surface area contributed by atoms with Gasteiger partial charge in [0.25, 0.3) is 0 Å². The summed E-state index contributed by atoms with van der Waals surface area (Å²) in [4.78, 5) is 23.8. The topological polar surface area (TPSA) is 75.6 Å². The van der Waals surface area contributed by atoms with Gasteiger partial charge in [-0.3, -0.25) is 9.59 Å². The first-order valence-electron chi connectivity index (χ1n) is 6.54. The van der Waals surface area contributed by atoms with Crippen molar-refractivity contribution in [2.24, 2.45) is 11.3 Å². The second-order valence-electron chi connectivity index (χ2n) is 5.81. The van der Waals surface area contributed by atoms with E-state index in [-0.39, 0.29) is 23.5 Å². The summed E-state index contributed by atoms with van der Waals surface area (Å²) >= 11 is 0. The van der Waals surface area contributed by atoms with Crippen LogP contribution < -0.4 is 5.32 Å². The first-order chi connectivity index (χ1) is 9.33. The molecule has 108 valence electrons. The third kappa shape index (κ3) is 2.76. The van der Waals surface area contributed by atoms with E-state index in [1.807, 2.05) is 0 Å². The van der Waals surface area contributed by atoms with E-state index in [4.69, 9.17) is 4.74 Å². The van der Waals surface area contributed by atoms with Crippen LogP contribution in [0, 0.1) is 11.3 Å². The van der Waals surface area contributed by atoms with Crippen LogP contribution in [-0.4, -0.2) is 24.1 Å². The summed E-state index contributed by atoms with van der Waals surface area (Å²) in [6, 6.07) is 4.93. The van der Waals surface area contributed by atoms with Crippen molar-refractivity contribution in [2.45, 2.75) is 26.7 Å². The van der Waals surface area contributed by atoms with Crippen molar-refractivity contribution < 1.29 is 19.4 Å². The molecule has 0 saturated heterocycles. The summed E-state index contributed by atoms with van der Waals surface area (Å²) in [5, 5.41) is 12.2. The van der Waals surface area contributed by atoms with Gasteiger partial charge in [-0.05, 0) is 38.3 Å². The number of hydrogen-bond acceptors (Lipinski definition) is 4. The largest absolute Gasteiger partial charge is 0.508 e. The first kappa shape index (κ1) is 14.4. The predicted molar refractivity (Wildman–Crippen MR) is 74.3 cm³/mol. The molecule has 0 aliphatic carbocycles. The van der Waals surface area contributed by atoms with Crippen molar-refractivity contribution in [3.63, 3.8) is 0 Å². The Bertz CT molecular complexity index is 551. The minimum Gasteiger partial charge on any atom is -0.508 e. The van der Waals surface area contributed by atoms with Crippen molar-refractivity contribution in [3.8, 4) is 5.75 Å². The average molecular weight is 277 g/mol. The van der Waals surface area contributed by atoms with Gasteiger partial charge >= 0.3 is 5.97 Å². The number of phenols is 1. The second kappa shape index (κ2) is 5.15. The van der Waals surface area contributed by atoms with Crippen LogP contribution in [0.3, 0.4) is 0 Å². The van der Waals surface area contributed by atoms with E-state index in [1.54, 1.807) is 26.0 Å². The van der Waals surface area contributed by atoms with E-state index < -0.39 is 5.41 Å². The van der Waals surface area contributed by atoms with Crippen LogP contribution in [0.15, 0.2) is 18.2 Å². The third-order valence-electron chi connectivity index (χ3n) is 3.68. The molecule has 1 heterocycles. The first-order valence-corrected chi connectivity index (χ1v) is 6.54. The average Bonchev–Trinajstić information content (AvgIpc) is 2.38. The molecule has 2 rings (SSSR count). The van der Waals surface area contributed by atoms with Crippen LogP contribution in [-0.2, 0) is 20.7 Å². The highest BCUT2D eigenvalue weighted by Gasteiger charge is 2.36. The van der Waals surface area contributed by atoms with E-state index >= 15 is 0 Å². The lowest BCUT2D eigenvalue weighted by atomic mass is 9.78. The maximum atomic E-state index is 12.1. The van der Waals surface area contributed by atoms with Crippen molar-refractivity contribution in [3.05, 3.63) is 23.8 Å². The highest BCUT2D eigenvalue weighted by atomic mass is 16.5. The highest BCUT2D eigenvalue weighted by Crippen LogP contribution is 2.35.